The second-order valence-electron chi connectivity index (χ2n) is 7.84. The van der Waals surface area contributed by atoms with E-state index in [4.69, 9.17) is 14.2 Å². The molecule has 0 atom stereocenters. The number of imide groups is 2. The molecule has 0 radical (unpaired) electrons. The molecule has 1 heterocycles. The van der Waals surface area contributed by atoms with Crippen LogP contribution in [-0.2, 0) is 9.59 Å². The summed E-state index contributed by atoms with van der Waals surface area (Å²) in [6, 6.07) is 18.8. The van der Waals surface area contributed by atoms with Gasteiger partial charge in [-0.3, -0.25) is 14.9 Å². The van der Waals surface area contributed by atoms with Crippen molar-refractivity contribution in [1.29, 1.82) is 0 Å². The molecule has 3 aromatic rings. The highest BCUT2D eigenvalue weighted by Crippen LogP contribution is 2.37. The van der Waals surface area contributed by atoms with Crippen LogP contribution in [0.2, 0.25) is 0 Å². The van der Waals surface area contributed by atoms with Gasteiger partial charge in [0.25, 0.3) is 11.8 Å². The summed E-state index contributed by atoms with van der Waals surface area (Å²) in [5, 5.41) is 2.23. The van der Waals surface area contributed by atoms with Gasteiger partial charge in [0.15, 0.2) is 11.5 Å². The smallest absolute Gasteiger partial charge is 0.335 e. The van der Waals surface area contributed by atoms with Crippen LogP contribution in [0.5, 0.6) is 17.2 Å². The van der Waals surface area contributed by atoms with E-state index in [1.807, 2.05) is 43.3 Å². The number of hydrogen-bond donors (Lipinski definition) is 1. The van der Waals surface area contributed by atoms with Crippen molar-refractivity contribution in [2.75, 3.05) is 25.2 Å². The van der Waals surface area contributed by atoms with Gasteiger partial charge in [-0.15, -0.1) is 0 Å². The molecule has 0 aliphatic carbocycles. The van der Waals surface area contributed by atoms with Crippen LogP contribution < -0.4 is 24.4 Å². The van der Waals surface area contributed by atoms with Gasteiger partial charge in [-0.1, -0.05) is 30.3 Å². The summed E-state index contributed by atoms with van der Waals surface area (Å²) in [7, 11) is 1.49. The molecule has 1 aliphatic rings. The van der Waals surface area contributed by atoms with E-state index in [-0.39, 0.29) is 12.2 Å². The number of ether oxygens (including phenoxy) is 3. The van der Waals surface area contributed by atoms with Crippen LogP contribution in [0, 0.1) is 6.92 Å². The van der Waals surface area contributed by atoms with Crippen molar-refractivity contribution in [3.8, 4) is 17.2 Å². The van der Waals surface area contributed by atoms with Gasteiger partial charge in [0.1, 0.15) is 24.5 Å². The average Bonchev–Trinajstić information content (AvgIpc) is 2.85. The van der Waals surface area contributed by atoms with Crippen molar-refractivity contribution >= 4 is 45.5 Å². The van der Waals surface area contributed by atoms with Crippen molar-refractivity contribution in [3.05, 3.63) is 87.9 Å². The molecule has 0 bridgehead atoms. The summed E-state index contributed by atoms with van der Waals surface area (Å²) in [5.74, 6) is 0.0893. The van der Waals surface area contributed by atoms with Crippen molar-refractivity contribution in [3.63, 3.8) is 0 Å². The number of carbonyl (C=O) groups excluding carboxylic acids is 3. The molecule has 3 aromatic carbocycles. The lowest BCUT2D eigenvalue weighted by molar-refractivity contribution is -0.122. The summed E-state index contributed by atoms with van der Waals surface area (Å²) in [6.45, 7) is 2.43. The number of anilines is 1. The van der Waals surface area contributed by atoms with Crippen LogP contribution in [0.25, 0.3) is 6.08 Å². The second kappa shape index (κ2) is 11.1. The lowest BCUT2D eigenvalue weighted by Crippen LogP contribution is -2.54. The Balaban J connectivity index is 1.54. The zero-order chi connectivity index (χ0) is 25.7. The largest absolute Gasteiger partial charge is 0.493 e. The molecule has 184 valence electrons. The van der Waals surface area contributed by atoms with Gasteiger partial charge >= 0.3 is 6.03 Å². The Hall–Kier alpha value is -4.11. The maximum absolute atomic E-state index is 13.2. The highest BCUT2D eigenvalue weighted by atomic mass is 79.9. The van der Waals surface area contributed by atoms with Gasteiger partial charge < -0.3 is 14.2 Å². The number of aryl methyl sites for hydroxylation is 1. The summed E-state index contributed by atoms with van der Waals surface area (Å²) in [4.78, 5) is 39.1. The fraction of sp³-hybridized carbons (Fsp3) is 0.148. The van der Waals surface area contributed by atoms with E-state index in [1.165, 1.54) is 13.2 Å². The van der Waals surface area contributed by atoms with Gasteiger partial charge in [-0.05, 0) is 76.5 Å². The summed E-state index contributed by atoms with van der Waals surface area (Å²) >= 11 is 3.47. The molecule has 4 rings (SSSR count). The van der Waals surface area contributed by atoms with Crippen LogP contribution in [-0.4, -0.2) is 38.2 Å². The number of para-hydroxylation sites is 1. The first kappa shape index (κ1) is 25.0. The van der Waals surface area contributed by atoms with E-state index in [9.17, 15) is 14.4 Å². The quantitative estimate of drug-likeness (QED) is 0.244. The molecule has 36 heavy (non-hydrogen) atoms. The lowest BCUT2D eigenvalue weighted by atomic mass is 10.1. The van der Waals surface area contributed by atoms with Gasteiger partial charge in [0.05, 0.1) is 17.3 Å². The first-order valence-corrected chi connectivity index (χ1v) is 11.8. The van der Waals surface area contributed by atoms with Crippen LogP contribution in [0.15, 0.2) is 76.8 Å². The summed E-state index contributed by atoms with van der Waals surface area (Å²) in [6.07, 6.45) is 1.41. The third-order valence-electron chi connectivity index (χ3n) is 5.27. The second-order valence-corrected chi connectivity index (χ2v) is 8.70. The molecule has 1 fully saturated rings. The van der Waals surface area contributed by atoms with Crippen LogP contribution >= 0.6 is 15.9 Å². The van der Waals surface area contributed by atoms with Gasteiger partial charge in [0.2, 0.25) is 0 Å². The van der Waals surface area contributed by atoms with E-state index in [1.54, 1.807) is 30.3 Å². The van der Waals surface area contributed by atoms with Crippen molar-refractivity contribution in [2.45, 2.75) is 6.92 Å². The number of nitrogens with one attached hydrogen (secondary N) is 1. The Morgan fingerprint density at radius 1 is 0.944 bits per heavy atom. The maximum Gasteiger partial charge on any atom is 0.335 e. The zero-order valence-electron chi connectivity index (χ0n) is 19.6. The van der Waals surface area contributed by atoms with Crippen LogP contribution in [0.4, 0.5) is 10.5 Å². The molecular weight excluding hydrogens is 528 g/mol. The summed E-state index contributed by atoms with van der Waals surface area (Å²) in [5.41, 5.74) is 1.56. The highest BCUT2D eigenvalue weighted by molar-refractivity contribution is 9.10. The number of benzene rings is 3. The molecule has 0 unspecified atom stereocenters. The van der Waals surface area contributed by atoms with E-state index in [2.05, 4.69) is 21.2 Å². The number of urea groups is 1. The number of methoxy groups -OCH3 is 1. The minimum atomic E-state index is -0.798. The first-order chi connectivity index (χ1) is 17.4. The molecule has 0 spiro atoms. The zero-order valence-corrected chi connectivity index (χ0v) is 21.2. The first-order valence-electron chi connectivity index (χ1n) is 11.0. The molecule has 1 saturated heterocycles. The molecular formula is C27H23BrN2O6. The lowest BCUT2D eigenvalue weighted by Gasteiger charge is -2.26. The molecule has 4 amide bonds. The molecule has 9 heteroatoms. The number of halogens is 1. The Morgan fingerprint density at radius 3 is 2.42 bits per heavy atom. The number of barbiturate groups is 1. The molecule has 1 N–H and O–H groups in total. The summed E-state index contributed by atoms with van der Waals surface area (Å²) < 4.78 is 17.5. The molecule has 0 aromatic heterocycles. The standard InChI is InChI=1S/C27H23BrN2O6/c1-17-7-6-8-19(13-17)30-26(32)21(25(31)29-27(30)33)14-18-15-22(28)24(23(16-18)34-2)36-12-11-35-20-9-4-3-5-10-20/h3-10,13-16H,11-12H2,1-2H3,(H,29,31,33)/b21-14-. The third-order valence-corrected chi connectivity index (χ3v) is 5.86. The monoisotopic (exact) mass is 550 g/mol. The van der Waals surface area contributed by atoms with Gasteiger partial charge in [-0.2, -0.15) is 0 Å². The van der Waals surface area contributed by atoms with Crippen LogP contribution in [0.3, 0.4) is 0 Å². The SMILES string of the molecule is COc1cc(/C=C2/C(=O)NC(=O)N(c3cccc(C)c3)C2=O)cc(Br)c1OCCOc1ccccc1. The van der Waals surface area contributed by atoms with Gasteiger partial charge in [0, 0.05) is 0 Å². The fourth-order valence-electron chi connectivity index (χ4n) is 3.61. The normalized spacial score (nSPS) is 14.6. The molecule has 8 nitrogen and oxygen atoms in total. The Kier molecular flexibility index (Phi) is 7.70. The Bertz CT molecular complexity index is 1340. The fourth-order valence-corrected chi connectivity index (χ4v) is 4.18. The number of hydrogen-bond acceptors (Lipinski definition) is 6. The molecule has 0 saturated carbocycles. The van der Waals surface area contributed by atoms with Crippen molar-refractivity contribution in [2.24, 2.45) is 0 Å². The Morgan fingerprint density at radius 2 is 1.69 bits per heavy atom. The number of amides is 4. The maximum atomic E-state index is 13.2. The van der Waals surface area contributed by atoms with E-state index >= 15 is 0 Å². The van der Waals surface area contributed by atoms with E-state index in [0.717, 1.165) is 16.2 Å². The van der Waals surface area contributed by atoms with E-state index in [0.29, 0.717) is 33.8 Å². The van der Waals surface area contributed by atoms with E-state index < -0.39 is 17.8 Å². The average molecular weight is 551 g/mol. The van der Waals surface area contributed by atoms with Crippen molar-refractivity contribution in [1.82, 2.24) is 5.32 Å². The predicted octanol–water partition coefficient (Wildman–Crippen LogP) is 4.89. The predicted molar refractivity (Wildman–Crippen MR) is 138 cm³/mol. The number of rotatable bonds is 8. The van der Waals surface area contributed by atoms with Crippen LogP contribution in [0.1, 0.15) is 11.1 Å². The third kappa shape index (κ3) is 5.58. The number of carbonyl (C=O) groups is 3. The topological polar surface area (TPSA) is 94.2 Å². The minimum absolute atomic E-state index is 0.185. The minimum Gasteiger partial charge on any atom is -0.493 e. The highest BCUT2D eigenvalue weighted by Gasteiger charge is 2.36. The Labute approximate surface area is 216 Å². The molecule has 1 aliphatic heterocycles. The van der Waals surface area contributed by atoms with Crippen molar-refractivity contribution < 1.29 is 28.6 Å². The number of nitrogens with zero attached hydrogens (tertiary/aromatic N) is 1. The van der Waals surface area contributed by atoms with Gasteiger partial charge in [-0.25, -0.2) is 9.69 Å².